The van der Waals surface area contributed by atoms with Crippen molar-refractivity contribution in [1.82, 2.24) is 4.98 Å². The Bertz CT molecular complexity index is 337. The lowest BCUT2D eigenvalue weighted by Gasteiger charge is -2.05. The SMILES string of the molecule is CCCNc1cc(C)c(C(=O)O)cn1. The van der Waals surface area contributed by atoms with Gasteiger partial charge in [-0.25, -0.2) is 9.78 Å². The van der Waals surface area contributed by atoms with E-state index in [4.69, 9.17) is 5.11 Å². The summed E-state index contributed by atoms with van der Waals surface area (Å²) in [5.41, 5.74) is 0.984. The Kier molecular flexibility index (Phi) is 3.45. The maximum absolute atomic E-state index is 10.7. The quantitative estimate of drug-likeness (QED) is 0.768. The fourth-order valence-corrected chi connectivity index (χ4v) is 1.13. The Labute approximate surface area is 83.0 Å². The lowest BCUT2D eigenvalue weighted by molar-refractivity contribution is 0.0695. The number of carboxylic acids is 1. The van der Waals surface area contributed by atoms with E-state index in [9.17, 15) is 4.79 Å². The number of nitrogens with zero attached hydrogens (tertiary/aromatic N) is 1. The van der Waals surface area contributed by atoms with Crippen LogP contribution in [0.3, 0.4) is 0 Å². The molecule has 14 heavy (non-hydrogen) atoms. The summed E-state index contributed by atoms with van der Waals surface area (Å²) in [6.45, 7) is 4.67. The number of anilines is 1. The summed E-state index contributed by atoms with van der Waals surface area (Å²) in [5, 5.41) is 11.9. The Balaban J connectivity index is 2.83. The second-order valence-electron chi connectivity index (χ2n) is 3.12. The number of carbonyl (C=O) groups is 1. The van der Waals surface area contributed by atoms with Crippen LogP contribution in [0.4, 0.5) is 5.82 Å². The number of rotatable bonds is 4. The van der Waals surface area contributed by atoms with Gasteiger partial charge in [-0.2, -0.15) is 0 Å². The summed E-state index contributed by atoms with van der Waals surface area (Å²) < 4.78 is 0. The molecule has 1 heterocycles. The highest BCUT2D eigenvalue weighted by molar-refractivity contribution is 5.89. The highest BCUT2D eigenvalue weighted by Gasteiger charge is 2.07. The molecule has 0 aromatic carbocycles. The molecule has 0 aliphatic carbocycles. The van der Waals surface area contributed by atoms with Gasteiger partial charge < -0.3 is 10.4 Å². The summed E-state index contributed by atoms with van der Waals surface area (Å²) in [5.74, 6) is -0.202. The molecule has 0 unspecified atom stereocenters. The molecule has 0 saturated carbocycles. The van der Waals surface area contributed by atoms with Gasteiger partial charge in [0.2, 0.25) is 0 Å². The van der Waals surface area contributed by atoms with Gasteiger partial charge in [0.05, 0.1) is 5.56 Å². The molecular weight excluding hydrogens is 180 g/mol. The maximum atomic E-state index is 10.7. The molecule has 0 radical (unpaired) electrons. The van der Waals surface area contributed by atoms with Crippen LogP contribution in [-0.4, -0.2) is 22.6 Å². The van der Waals surface area contributed by atoms with Crippen molar-refractivity contribution in [1.29, 1.82) is 0 Å². The Morgan fingerprint density at radius 2 is 2.36 bits per heavy atom. The molecule has 0 aliphatic heterocycles. The first-order valence-corrected chi connectivity index (χ1v) is 4.59. The molecule has 1 rings (SSSR count). The van der Waals surface area contributed by atoms with E-state index in [0.29, 0.717) is 0 Å². The van der Waals surface area contributed by atoms with Crippen LogP contribution in [0, 0.1) is 6.92 Å². The molecule has 0 aliphatic rings. The zero-order valence-electron chi connectivity index (χ0n) is 8.37. The van der Waals surface area contributed by atoms with Gasteiger partial charge in [-0.15, -0.1) is 0 Å². The van der Waals surface area contributed by atoms with Crippen molar-refractivity contribution in [3.05, 3.63) is 23.4 Å². The lowest BCUT2D eigenvalue weighted by atomic mass is 10.1. The molecule has 0 bridgehead atoms. The van der Waals surface area contributed by atoms with E-state index in [2.05, 4.69) is 17.2 Å². The summed E-state index contributed by atoms with van der Waals surface area (Å²) in [7, 11) is 0. The fraction of sp³-hybridized carbons (Fsp3) is 0.400. The van der Waals surface area contributed by atoms with E-state index < -0.39 is 5.97 Å². The predicted molar refractivity (Wildman–Crippen MR) is 54.7 cm³/mol. The Morgan fingerprint density at radius 3 is 2.86 bits per heavy atom. The number of nitrogens with one attached hydrogen (secondary N) is 1. The van der Waals surface area contributed by atoms with Crippen molar-refractivity contribution >= 4 is 11.8 Å². The molecule has 0 saturated heterocycles. The second-order valence-corrected chi connectivity index (χ2v) is 3.12. The molecular formula is C10H14N2O2. The van der Waals surface area contributed by atoms with E-state index in [1.807, 2.05) is 0 Å². The number of aromatic nitrogens is 1. The second kappa shape index (κ2) is 4.60. The third-order valence-electron chi connectivity index (χ3n) is 1.90. The van der Waals surface area contributed by atoms with Crippen LogP contribution in [0.5, 0.6) is 0 Å². The molecule has 76 valence electrons. The summed E-state index contributed by atoms with van der Waals surface area (Å²) >= 11 is 0. The smallest absolute Gasteiger partial charge is 0.337 e. The largest absolute Gasteiger partial charge is 0.478 e. The van der Waals surface area contributed by atoms with Crippen LogP contribution in [0.2, 0.25) is 0 Å². The predicted octanol–water partition coefficient (Wildman–Crippen LogP) is 1.91. The standard InChI is InChI=1S/C10H14N2O2/c1-3-4-11-9-5-7(2)8(6-12-9)10(13)14/h5-6H,3-4H2,1-2H3,(H,11,12)(H,13,14). The maximum Gasteiger partial charge on any atom is 0.337 e. The molecule has 0 atom stereocenters. The van der Waals surface area contributed by atoms with Gasteiger partial charge in [-0.05, 0) is 25.0 Å². The summed E-state index contributed by atoms with van der Waals surface area (Å²) in [4.78, 5) is 14.7. The summed E-state index contributed by atoms with van der Waals surface area (Å²) in [6, 6.07) is 1.75. The van der Waals surface area contributed by atoms with E-state index in [0.717, 1.165) is 24.3 Å². The monoisotopic (exact) mass is 194 g/mol. The van der Waals surface area contributed by atoms with Gasteiger partial charge in [0, 0.05) is 12.7 Å². The van der Waals surface area contributed by atoms with Crippen molar-refractivity contribution in [2.45, 2.75) is 20.3 Å². The molecule has 2 N–H and O–H groups in total. The molecule has 0 amide bonds. The fourth-order valence-electron chi connectivity index (χ4n) is 1.13. The van der Waals surface area contributed by atoms with Crippen molar-refractivity contribution in [2.75, 3.05) is 11.9 Å². The molecule has 1 aromatic heterocycles. The minimum absolute atomic E-state index is 0.257. The number of carboxylic acid groups (broad SMARTS) is 1. The third kappa shape index (κ3) is 2.45. The van der Waals surface area contributed by atoms with Gasteiger partial charge in [0.1, 0.15) is 5.82 Å². The number of hydrogen-bond acceptors (Lipinski definition) is 3. The number of hydrogen-bond donors (Lipinski definition) is 2. The first-order valence-electron chi connectivity index (χ1n) is 4.59. The molecule has 0 spiro atoms. The molecule has 0 fully saturated rings. The van der Waals surface area contributed by atoms with Crippen LogP contribution in [0.15, 0.2) is 12.3 Å². The van der Waals surface area contributed by atoms with Crippen molar-refractivity contribution in [2.24, 2.45) is 0 Å². The topological polar surface area (TPSA) is 62.2 Å². The lowest BCUT2D eigenvalue weighted by Crippen LogP contribution is -2.05. The van der Waals surface area contributed by atoms with Crippen LogP contribution in [-0.2, 0) is 0 Å². The van der Waals surface area contributed by atoms with E-state index in [-0.39, 0.29) is 5.56 Å². The first kappa shape index (κ1) is 10.5. The minimum atomic E-state index is -0.933. The highest BCUT2D eigenvalue weighted by Crippen LogP contribution is 2.11. The van der Waals surface area contributed by atoms with E-state index >= 15 is 0 Å². The van der Waals surface area contributed by atoms with Crippen molar-refractivity contribution in [3.63, 3.8) is 0 Å². The highest BCUT2D eigenvalue weighted by atomic mass is 16.4. The van der Waals surface area contributed by atoms with Crippen LogP contribution in [0.1, 0.15) is 29.3 Å². The first-order chi connectivity index (χ1) is 6.65. The van der Waals surface area contributed by atoms with Crippen LogP contribution < -0.4 is 5.32 Å². The van der Waals surface area contributed by atoms with Crippen LogP contribution in [0.25, 0.3) is 0 Å². The molecule has 4 nitrogen and oxygen atoms in total. The average Bonchev–Trinajstić information content (AvgIpc) is 2.14. The van der Waals surface area contributed by atoms with Gasteiger partial charge in [-0.3, -0.25) is 0 Å². The van der Waals surface area contributed by atoms with E-state index in [1.54, 1.807) is 13.0 Å². The van der Waals surface area contributed by atoms with Gasteiger partial charge >= 0.3 is 5.97 Å². The number of pyridine rings is 1. The minimum Gasteiger partial charge on any atom is -0.478 e. The van der Waals surface area contributed by atoms with Crippen molar-refractivity contribution < 1.29 is 9.90 Å². The Morgan fingerprint density at radius 1 is 1.64 bits per heavy atom. The number of aryl methyl sites for hydroxylation is 1. The molecule has 1 aromatic rings. The zero-order valence-corrected chi connectivity index (χ0v) is 8.37. The van der Waals surface area contributed by atoms with E-state index in [1.165, 1.54) is 6.20 Å². The van der Waals surface area contributed by atoms with Gasteiger partial charge in [0.15, 0.2) is 0 Å². The summed E-state index contributed by atoms with van der Waals surface area (Å²) in [6.07, 6.45) is 2.40. The normalized spacial score (nSPS) is 9.86. The van der Waals surface area contributed by atoms with Crippen molar-refractivity contribution in [3.8, 4) is 0 Å². The number of aromatic carboxylic acids is 1. The van der Waals surface area contributed by atoms with Crippen LogP contribution >= 0.6 is 0 Å². The Hall–Kier alpha value is -1.58. The molecule has 4 heteroatoms. The zero-order chi connectivity index (χ0) is 10.6. The van der Waals surface area contributed by atoms with Gasteiger partial charge in [-0.1, -0.05) is 6.92 Å². The van der Waals surface area contributed by atoms with Gasteiger partial charge in [0.25, 0.3) is 0 Å². The third-order valence-corrected chi connectivity index (χ3v) is 1.90. The average molecular weight is 194 g/mol.